The van der Waals surface area contributed by atoms with E-state index in [4.69, 9.17) is 4.74 Å². The molecule has 1 heterocycles. The summed E-state index contributed by atoms with van der Waals surface area (Å²) in [5.41, 5.74) is 1.25. The monoisotopic (exact) mass is 397 g/mol. The highest BCUT2D eigenvalue weighted by Gasteiger charge is 2.17. The lowest BCUT2D eigenvalue weighted by Crippen LogP contribution is -2.34. The molecule has 146 valence electrons. The smallest absolute Gasteiger partial charge is 0.261 e. The highest BCUT2D eigenvalue weighted by atomic mass is 32.1. The van der Waals surface area contributed by atoms with E-state index in [1.165, 1.54) is 11.3 Å². The number of thiazole rings is 1. The fourth-order valence-corrected chi connectivity index (χ4v) is 3.52. The molecule has 1 aromatic heterocycles. The van der Waals surface area contributed by atoms with Crippen molar-refractivity contribution in [2.45, 2.75) is 33.7 Å². The van der Waals surface area contributed by atoms with Crippen molar-refractivity contribution >= 4 is 39.1 Å². The molecule has 0 spiro atoms. The lowest BCUT2D eigenvalue weighted by molar-refractivity contribution is -0.123. The van der Waals surface area contributed by atoms with Crippen molar-refractivity contribution in [3.8, 4) is 5.75 Å². The topological polar surface area (TPSA) is 80.3 Å². The Morgan fingerprint density at radius 1 is 1.14 bits per heavy atom. The van der Waals surface area contributed by atoms with E-state index in [1.807, 2.05) is 52.0 Å². The van der Waals surface area contributed by atoms with Crippen molar-refractivity contribution in [3.63, 3.8) is 0 Å². The Kier molecular flexibility index (Phi) is 5.94. The Hall–Kier alpha value is -2.93. The first kappa shape index (κ1) is 19.8. The van der Waals surface area contributed by atoms with Crippen LogP contribution in [0.3, 0.4) is 0 Å². The predicted molar refractivity (Wildman–Crippen MR) is 112 cm³/mol. The van der Waals surface area contributed by atoms with Crippen molar-refractivity contribution in [3.05, 3.63) is 52.5 Å². The first-order valence-corrected chi connectivity index (χ1v) is 9.85. The lowest BCUT2D eigenvalue weighted by atomic mass is 10.1. The van der Waals surface area contributed by atoms with Crippen LogP contribution in [0.1, 0.15) is 34.8 Å². The van der Waals surface area contributed by atoms with E-state index in [0.717, 1.165) is 21.3 Å². The van der Waals surface area contributed by atoms with Crippen LogP contribution in [0.15, 0.2) is 36.4 Å². The molecule has 2 aromatic carbocycles. The van der Waals surface area contributed by atoms with Gasteiger partial charge in [0.2, 0.25) is 0 Å². The first-order valence-electron chi connectivity index (χ1n) is 9.04. The summed E-state index contributed by atoms with van der Waals surface area (Å²) in [7, 11) is 0. The fraction of sp³-hybridized carbons (Fsp3) is 0.286. The third-order valence-electron chi connectivity index (χ3n) is 4.15. The average Bonchev–Trinajstić information content (AvgIpc) is 2.95. The van der Waals surface area contributed by atoms with Gasteiger partial charge < -0.3 is 10.1 Å². The molecule has 0 atom stereocenters. The van der Waals surface area contributed by atoms with Crippen LogP contribution in [0, 0.1) is 13.8 Å². The second-order valence-electron chi connectivity index (χ2n) is 6.82. The van der Waals surface area contributed by atoms with Gasteiger partial charge in [0.25, 0.3) is 11.8 Å². The zero-order valence-electron chi connectivity index (χ0n) is 16.3. The van der Waals surface area contributed by atoms with Gasteiger partial charge in [-0.25, -0.2) is 4.98 Å². The summed E-state index contributed by atoms with van der Waals surface area (Å²) in [6.07, 6.45) is 0. The van der Waals surface area contributed by atoms with Gasteiger partial charge in [0.1, 0.15) is 5.75 Å². The van der Waals surface area contributed by atoms with Crippen molar-refractivity contribution in [2.24, 2.45) is 0 Å². The van der Waals surface area contributed by atoms with Crippen molar-refractivity contribution in [1.29, 1.82) is 0 Å². The first-order chi connectivity index (χ1) is 13.3. The van der Waals surface area contributed by atoms with Gasteiger partial charge in [0, 0.05) is 10.9 Å². The molecule has 2 amide bonds. The van der Waals surface area contributed by atoms with Crippen molar-refractivity contribution in [1.82, 2.24) is 10.3 Å². The Morgan fingerprint density at radius 3 is 2.43 bits per heavy atom. The predicted octanol–water partition coefficient (Wildman–Crippen LogP) is 4.07. The van der Waals surface area contributed by atoms with E-state index in [0.29, 0.717) is 16.4 Å². The summed E-state index contributed by atoms with van der Waals surface area (Å²) >= 11 is 1.42. The van der Waals surface area contributed by atoms with E-state index in [-0.39, 0.29) is 24.5 Å². The molecular formula is C21H23N3O3S. The Labute approximate surface area is 167 Å². The number of hydrogen-bond donors (Lipinski definition) is 2. The number of hydrogen-bond acceptors (Lipinski definition) is 5. The van der Waals surface area contributed by atoms with Crippen LogP contribution in [0.5, 0.6) is 5.75 Å². The molecule has 0 saturated carbocycles. The van der Waals surface area contributed by atoms with Crippen molar-refractivity contribution in [2.75, 3.05) is 11.9 Å². The molecule has 2 N–H and O–H groups in total. The maximum Gasteiger partial charge on any atom is 0.261 e. The van der Waals surface area contributed by atoms with Gasteiger partial charge in [0.05, 0.1) is 11.3 Å². The lowest BCUT2D eigenvalue weighted by Gasteiger charge is -2.14. The molecule has 3 rings (SSSR count). The van der Waals surface area contributed by atoms with Crippen LogP contribution in [0.2, 0.25) is 0 Å². The minimum absolute atomic E-state index is 0.0202. The van der Waals surface area contributed by atoms with E-state index in [9.17, 15) is 9.59 Å². The number of carbonyl (C=O) groups is 2. The standard InChI is InChI=1S/C21H23N3O3S/c1-12(2)22-19(25)11-27-18-10-16-8-6-5-7-15(16)9-17(18)20(26)24-21-23-13(3)14(4)28-21/h5-10,12H,11H2,1-4H3,(H,22,25)(H,23,24,26). The van der Waals surface area contributed by atoms with E-state index >= 15 is 0 Å². The van der Waals surface area contributed by atoms with Gasteiger partial charge in [-0.15, -0.1) is 11.3 Å². The number of ether oxygens (including phenoxy) is 1. The van der Waals surface area contributed by atoms with Gasteiger partial charge >= 0.3 is 0 Å². The summed E-state index contributed by atoms with van der Waals surface area (Å²) in [6.45, 7) is 7.46. The number of nitrogens with one attached hydrogen (secondary N) is 2. The molecular weight excluding hydrogens is 374 g/mol. The zero-order chi connectivity index (χ0) is 20.3. The summed E-state index contributed by atoms with van der Waals surface area (Å²) in [6, 6.07) is 11.3. The normalized spacial score (nSPS) is 10.9. The molecule has 0 aliphatic carbocycles. The number of rotatable bonds is 6. The highest BCUT2D eigenvalue weighted by Crippen LogP contribution is 2.28. The number of fused-ring (bicyclic) bond motifs is 1. The quantitative estimate of drug-likeness (QED) is 0.657. The summed E-state index contributed by atoms with van der Waals surface area (Å²) in [4.78, 5) is 30.3. The molecule has 28 heavy (non-hydrogen) atoms. The fourth-order valence-electron chi connectivity index (χ4n) is 2.71. The highest BCUT2D eigenvalue weighted by molar-refractivity contribution is 7.15. The zero-order valence-corrected chi connectivity index (χ0v) is 17.1. The molecule has 6 nitrogen and oxygen atoms in total. The van der Waals surface area contributed by atoms with Crippen LogP contribution in [0.4, 0.5) is 5.13 Å². The number of nitrogens with zero attached hydrogens (tertiary/aromatic N) is 1. The van der Waals surface area contributed by atoms with Crippen LogP contribution < -0.4 is 15.4 Å². The van der Waals surface area contributed by atoms with E-state index < -0.39 is 0 Å². The minimum atomic E-state index is -0.321. The minimum Gasteiger partial charge on any atom is -0.483 e. The van der Waals surface area contributed by atoms with Crippen LogP contribution in [-0.2, 0) is 4.79 Å². The van der Waals surface area contributed by atoms with Gasteiger partial charge in [-0.3, -0.25) is 14.9 Å². The third-order valence-corrected chi connectivity index (χ3v) is 5.14. The SMILES string of the molecule is Cc1nc(NC(=O)c2cc3ccccc3cc2OCC(=O)NC(C)C)sc1C. The number of benzene rings is 2. The van der Waals surface area contributed by atoms with Gasteiger partial charge in [-0.05, 0) is 50.6 Å². The summed E-state index contributed by atoms with van der Waals surface area (Å²) in [5.74, 6) is -0.195. The average molecular weight is 398 g/mol. The number of anilines is 1. The molecule has 0 fully saturated rings. The Bertz CT molecular complexity index is 1010. The third kappa shape index (κ3) is 4.67. The molecule has 0 aliphatic rings. The number of carbonyl (C=O) groups excluding carboxylic acids is 2. The Balaban J connectivity index is 1.89. The largest absolute Gasteiger partial charge is 0.483 e. The van der Waals surface area contributed by atoms with E-state index in [2.05, 4.69) is 15.6 Å². The number of aromatic nitrogens is 1. The molecule has 0 aliphatic heterocycles. The Morgan fingerprint density at radius 2 is 1.82 bits per heavy atom. The molecule has 0 radical (unpaired) electrons. The van der Waals surface area contributed by atoms with Crippen molar-refractivity contribution < 1.29 is 14.3 Å². The number of amides is 2. The molecule has 0 unspecified atom stereocenters. The maximum atomic E-state index is 12.9. The maximum absolute atomic E-state index is 12.9. The summed E-state index contributed by atoms with van der Waals surface area (Å²) in [5, 5.41) is 7.99. The molecule has 0 bridgehead atoms. The van der Waals surface area contributed by atoms with E-state index in [1.54, 1.807) is 12.1 Å². The number of aryl methyl sites for hydroxylation is 2. The van der Waals surface area contributed by atoms with Gasteiger partial charge in [-0.1, -0.05) is 24.3 Å². The molecule has 3 aromatic rings. The van der Waals surface area contributed by atoms with Crippen LogP contribution in [0.25, 0.3) is 10.8 Å². The van der Waals surface area contributed by atoms with Crippen LogP contribution >= 0.6 is 11.3 Å². The summed E-state index contributed by atoms with van der Waals surface area (Å²) < 4.78 is 5.71. The van der Waals surface area contributed by atoms with Gasteiger partial charge in [-0.2, -0.15) is 0 Å². The molecule has 7 heteroatoms. The second kappa shape index (κ2) is 8.39. The van der Waals surface area contributed by atoms with Gasteiger partial charge in [0.15, 0.2) is 11.7 Å². The second-order valence-corrected chi connectivity index (χ2v) is 8.02. The van der Waals surface area contributed by atoms with Crippen LogP contribution in [-0.4, -0.2) is 29.4 Å². The molecule has 0 saturated heterocycles.